The monoisotopic (exact) mass is 295 g/mol. The van der Waals surface area contributed by atoms with Crippen LogP contribution in [0.25, 0.3) is 0 Å². The van der Waals surface area contributed by atoms with Crippen molar-refractivity contribution in [3.05, 3.63) is 16.3 Å². The van der Waals surface area contributed by atoms with Crippen molar-refractivity contribution in [1.29, 1.82) is 0 Å². The summed E-state index contributed by atoms with van der Waals surface area (Å²) in [4.78, 5) is 20.8. The van der Waals surface area contributed by atoms with E-state index in [4.69, 9.17) is 0 Å². The van der Waals surface area contributed by atoms with Crippen LogP contribution in [0.3, 0.4) is 0 Å². The second-order valence-corrected chi connectivity index (χ2v) is 5.37. The van der Waals surface area contributed by atoms with Crippen LogP contribution in [0.1, 0.15) is 26.7 Å². The molecule has 21 heavy (non-hydrogen) atoms. The van der Waals surface area contributed by atoms with Gasteiger partial charge in [-0.05, 0) is 18.8 Å². The van der Waals surface area contributed by atoms with E-state index in [-0.39, 0.29) is 17.7 Å². The Kier molecular flexibility index (Phi) is 4.89. The number of aliphatic hydroxyl groups is 1. The number of hydrogen-bond donors (Lipinski definition) is 2. The zero-order valence-corrected chi connectivity index (χ0v) is 12.3. The lowest BCUT2D eigenvalue weighted by molar-refractivity contribution is -0.384. The molecule has 8 nitrogen and oxygen atoms in total. The first-order valence-corrected chi connectivity index (χ1v) is 7.21. The van der Waals surface area contributed by atoms with Crippen LogP contribution in [0.15, 0.2) is 6.20 Å². The molecule has 1 aliphatic heterocycles. The molecule has 116 valence electrons. The van der Waals surface area contributed by atoms with Gasteiger partial charge in [-0.2, -0.15) is 4.98 Å². The first kappa shape index (κ1) is 15.4. The van der Waals surface area contributed by atoms with Crippen LogP contribution < -0.4 is 10.2 Å². The van der Waals surface area contributed by atoms with Crippen molar-refractivity contribution in [2.75, 3.05) is 29.9 Å². The standard InChI is InChI=1S/C13H21N5O3/c1-3-5-14-13-15-7-10(18(20)21)12(16-13)17-6-4-11(19)9(2)8-17/h7,9,11,19H,3-6,8H2,1-2H3,(H,14,15,16). The second-order valence-electron chi connectivity index (χ2n) is 5.37. The highest BCUT2D eigenvalue weighted by Gasteiger charge is 2.30. The zero-order chi connectivity index (χ0) is 15.4. The SMILES string of the molecule is CCCNc1ncc([N+](=O)[O-])c(N2CCC(O)C(C)C2)n1. The summed E-state index contributed by atoms with van der Waals surface area (Å²) < 4.78 is 0. The largest absolute Gasteiger partial charge is 0.393 e. The summed E-state index contributed by atoms with van der Waals surface area (Å²) >= 11 is 0. The van der Waals surface area contributed by atoms with Gasteiger partial charge in [-0.25, -0.2) is 4.98 Å². The van der Waals surface area contributed by atoms with E-state index in [1.54, 1.807) is 0 Å². The molecule has 2 atom stereocenters. The second kappa shape index (κ2) is 6.66. The first-order chi connectivity index (χ1) is 10.0. The lowest BCUT2D eigenvalue weighted by atomic mass is 9.97. The summed E-state index contributed by atoms with van der Waals surface area (Å²) in [5.41, 5.74) is -0.0966. The van der Waals surface area contributed by atoms with Crippen molar-refractivity contribution in [2.45, 2.75) is 32.8 Å². The number of aromatic nitrogens is 2. The Morgan fingerprint density at radius 1 is 1.62 bits per heavy atom. The summed E-state index contributed by atoms with van der Waals surface area (Å²) in [7, 11) is 0. The third-order valence-corrected chi connectivity index (χ3v) is 3.64. The normalized spacial score (nSPS) is 22.1. The zero-order valence-electron chi connectivity index (χ0n) is 12.3. The van der Waals surface area contributed by atoms with Gasteiger partial charge in [-0.1, -0.05) is 13.8 Å². The molecule has 0 aromatic carbocycles. The molecule has 1 fully saturated rings. The van der Waals surface area contributed by atoms with E-state index in [1.165, 1.54) is 6.20 Å². The van der Waals surface area contributed by atoms with Crippen LogP contribution in [0.2, 0.25) is 0 Å². The van der Waals surface area contributed by atoms with Crippen LogP contribution in [0.5, 0.6) is 0 Å². The fourth-order valence-corrected chi connectivity index (χ4v) is 2.38. The smallest absolute Gasteiger partial charge is 0.329 e. The molecule has 1 aromatic rings. The van der Waals surface area contributed by atoms with Crippen LogP contribution in [0.4, 0.5) is 17.5 Å². The summed E-state index contributed by atoms with van der Waals surface area (Å²) in [5.74, 6) is 0.781. The maximum atomic E-state index is 11.2. The van der Waals surface area contributed by atoms with Crippen molar-refractivity contribution in [3.63, 3.8) is 0 Å². The molecular formula is C13H21N5O3. The highest BCUT2D eigenvalue weighted by atomic mass is 16.6. The van der Waals surface area contributed by atoms with Gasteiger partial charge in [0.1, 0.15) is 6.20 Å². The summed E-state index contributed by atoms with van der Waals surface area (Å²) in [6.45, 7) is 5.77. The minimum atomic E-state index is -0.464. The van der Waals surface area contributed by atoms with Crippen LogP contribution >= 0.6 is 0 Å². The van der Waals surface area contributed by atoms with Gasteiger partial charge < -0.3 is 15.3 Å². The van der Waals surface area contributed by atoms with E-state index < -0.39 is 4.92 Å². The van der Waals surface area contributed by atoms with Crippen LogP contribution in [-0.4, -0.2) is 45.7 Å². The molecule has 0 aliphatic carbocycles. The molecule has 2 N–H and O–H groups in total. The minimum Gasteiger partial charge on any atom is -0.393 e. The molecule has 0 radical (unpaired) electrons. The average molecular weight is 295 g/mol. The van der Waals surface area contributed by atoms with Crippen molar-refractivity contribution in [3.8, 4) is 0 Å². The Morgan fingerprint density at radius 3 is 3.00 bits per heavy atom. The van der Waals surface area contributed by atoms with E-state index >= 15 is 0 Å². The van der Waals surface area contributed by atoms with E-state index in [0.29, 0.717) is 37.8 Å². The molecule has 0 saturated carbocycles. The first-order valence-electron chi connectivity index (χ1n) is 7.21. The number of nitrogens with zero attached hydrogens (tertiary/aromatic N) is 4. The molecule has 8 heteroatoms. The quantitative estimate of drug-likeness (QED) is 0.625. The Morgan fingerprint density at radius 2 is 2.38 bits per heavy atom. The molecular weight excluding hydrogens is 274 g/mol. The van der Waals surface area contributed by atoms with Crippen molar-refractivity contribution < 1.29 is 10.0 Å². The van der Waals surface area contributed by atoms with Gasteiger partial charge in [0.2, 0.25) is 11.8 Å². The Hall–Kier alpha value is -1.96. The minimum absolute atomic E-state index is 0.0559. The van der Waals surface area contributed by atoms with Gasteiger partial charge in [0.15, 0.2) is 0 Å². The molecule has 2 heterocycles. The maximum Gasteiger partial charge on any atom is 0.329 e. The van der Waals surface area contributed by atoms with Crippen molar-refractivity contribution in [1.82, 2.24) is 9.97 Å². The predicted molar refractivity (Wildman–Crippen MR) is 79.5 cm³/mol. The van der Waals surface area contributed by atoms with Gasteiger partial charge in [0.05, 0.1) is 11.0 Å². The van der Waals surface area contributed by atoms with E-state index in [2.05, 4.69) is 15.3 Å². The Labute approximate surface area is 123 Å². The van der Waals surface area contributed by atoms with Crippen molar-refractivity contribution in [2.24, 2.45) is 5.92 Å². The summed E-state index contributed by atoms with van der Waals surface area (Å²) in [6, 6.07) is 0. The lowest BCUT2D eigenvalue weighted by Crippen LogP contribution is -2.42. The average Bonchev–Trinajstić information content (AvgIpc) is 2.47. The summed E-state index contributed by atoms with van der Waals surface area (Å²) in [6.07, 6.45) is 2.39. The number of nitro groups is 1. The Balaban J connectivity index is 2.27. The number of piperidine rings is 1. The lowest BCUT2D eigenvalue weighted by Gasteiger charge is -2.34. The number of rotatable bonds is 5. The van der Waals surface area contributed by atoms with Crippen LogP contribution in [0, 0.1) is 16.0 Å². The number of aliphatic hydroxyl groups excluding tert-OH is 1. The van der Waals surface area contributed by atoms with E-state index in [0.717, 1.165) is 6.42 Å². The predicted octanol–water partition coefficient (Wildman–Crippen LogP) is 1.41. The Bertz CT molecular complexity index is 511. The van der Waals surface area contributed by atoms with Crippen LogP contribution in [-0.2, 0) is 0 Å². The molecule has 2 rings (SSSR count). The van der Waals surface area contributed by atoms with E-state index in [9.17, 15) is 15.2 Å². The molecule has 0 bridgehead atoms. The molecule has 1 aliphatic rings. The molecule has 2 unspecified atom stereocenters. The van der Waals surface area contributed by atoms with Gasteiger partial charge in [0, 0.05) is 19.6 Å². The third-order valence-electron chi connectivity index (χ3n) is 3.64. The third kappa shape index (κ3) is 3.57. The van der Waals surface area contributed by atoms with Crippen molar-refractivity contribution >= 4 is 17.5 Å². The number of nitrogens with one attached hydrogen (secondary N) is 1. The van der Waals surface area contributed by atoms with Gasteiger partial charge in [0.25, 0.3) is 0 Å². The van der Waals surface area contributed by atoms with Gasteiger partial charge in [-0.3, -0.25) is 10.1 Å². The number of anilines is 2. The fourth-order valence-electron chi connectivity index (χ4n) is 2.38. The highest BCUT2D eigenvalue weighted by Crippen LogP contribution is 2.30. The maximum absolute atomic E-state index is 11.2. The van der Waals surface area contributed by atoms with E-state index in [1.807, 2.05) is 18.7 Å². The molecule has 1 saturated heterocycles. The molecule has 0 amide bonds. The molecule has 0 spiro atoms. The van der Waals surface area contributed by atoms with Gasteiger partial charge in [-0.15, -0.1) is 0 Å². The topological polar surface area (TPSA) is 104 Å². The number of hydrogen-bond acceptors (Lipinski definition) is 7. The molecule has 1 aromatic heterocycles. The van der Waals surface area contributed by atoms with Gasteiger partial charge >= 0.3 is 5.69 Å². The highest BCUT2D eigenvalue weighted by molar-refractivity contribution is 5.59. The summed E-state index contributed by atoms with van der Waals surface area (Å²) in [5, 5.41) is 24.0. The fraction of sp³-hybridized carbons (Fsp3) is 0.692.